The maximum Gasteiger partial charge on any atom is 0.163 e. The van der Waals surface area contributed by atoms with Gasteiger partial charge in [0, 0.05) is 28.7 Å². The van der Waals surface area contributed by atoms with Crippen molar-refractivity contribution in [1.29, 1.82) is 0 Å². The Labute approximate surface area is 110 Å². The van der Waals surface area contributed by atoms with Crippen molar-refractivity contribution in [2.24, 2.45) is 0 Å². The molecule has 0 atom stereocenters. The van der Waals surface area contributed by atoms with E-state index >= 15 is 0 Å². The molecule has 1 heterocycles. The van der Waals surface area contributed by atoms with Crippen LogP contribution in [-0.4, -0.2) is 19.8 Å². The largest absolute Gasteiger partial charge is 0.490 e. The molecule has 1 aliphatic heterocycles. The molecule has 92 valence electrons. The first-order valence-corrected chi connectivity index (χ1v) is 6.19. The van der Waals surface area contributed by atoms with Crippen LogP contribution in [-0.2, 0) is 0 Å². The number of benzene rings is 1. The number of halogens is 2. The molecule has 5 heteroatoms. The predicted octanol–water partition coefficient (Wildman–Crippen LogP) is 3.58. The molecule has 0 amide bonds. The van der Waals surface area contributed by atoms with Gasteiger partial charge >= 0.3 is 0 Å². The Hall–Kier alpha value is -1.06. The van der Waals surface area contributed by atoms with Gasteiger partial charge in [-0.2, -0.15) is 0 Å². The van der Waals surface area contributed by atoms with E-state index in [2.05, 4.69) is 5.32 Å². The number of fused-ring (bicyclic) bond motifs is 1. The quantitative estimate of drug-likeness (QED) is 0.913. The Bertz CT molecular complexity index is 421. The molecule has 1 aliphatic rings. The molecule has 0 radical (unpaired) electrons. The van der Waals surface area contributed by atoms with Crippen LogP contribution in [0.25, 0.3) is 0 Å². The minimum atomic E-state index is 0.491. The summed E-state index contributed by atoms with van der Waals surface area (Å²) in [5.74, 6) is 1.55. The molecule has 1 N–H and O–H groups in total. The Kier molecular flexibility index (Phi) is 4.40. The topological polar surface area (TPSA) is 30.5 Å². The fourth-order valence-electron chi connectivity index (χ4n) is 1.50. The number of rotatable bonds is 3. The maximum atomic E-state index is 5.80. The Morgan fingerprint density at radius 3 is 2.82 bits per heavy atom. The standard InChI is InChI=1S/C12H13Cl2NO2/c13-7-9(14)8-15-10-2-3-11-12(6-10)17-5-1-4-16-11/h2-3,6-7,15H,1,4-5,8H2. The van der Waals surface area contributed by atoms with Gasteiger partial charge in [-0.25, -0.2) is 0 Å². The molecule has 3 nitrogen and oxygen atoms in total. The lowest BCUT2D eigenvalue weighted by molar-refractivity contribution is 0.297. The molecule has 0 aromatic heterocycles. The lowest BCUT2D eigenvalue weighted by atomic mass is 10.2. The molecule has 0 unspecified atom stereocenters. The second-order valence-corrected chi connectivity index (χ2v) is 4.33. The fraction of sp³-hybridized carbons (Fsp3) is 0.333. The molecule has 0 saturated heterocycles. The van der Waals surface area contributed by atoms with Gasteiger partial charge in [0.25, 0.3) is 0 Å². The minimum absolute atomic E-state index is 0.491. The number of hydrogen-bond acceptors (Lipinski definition) is 3. The second-order valence-electron chi connectivity index (χ2n) is 3.62. The van der Waals surface area contributed by atoms with Crippen molar-refractivity contribution < 1.29 is 9.47 Å². The van der Waals surface area contributed by atoms with Crippen LogP contribution in [0, 0.1) is 0 Å². The van der Waals surface area contributed by atoms with E-state index in [9.17, 15) is 0 Å². The van der Waals surface area contributed by atoms with Crippen LogP contribution in [0.2, 0.25) is 0 Å². The van der Waals surface area contributed by atoms with Crippen LogP contribution in [0.5, 0.6) is 11.5 Å². The van der Waals surface area contributed by atoms with E-state index in [1.54, 1.807) is 0 Å². The van der Waals surface area contributed by atoms with E-state index in [0.29, 0.717) is 24.8 Å². The fourth-order valence-corrected chi connectivity index (χ4v) is 1.64. The van der Waals surface area contributed by atoms with Crippen LogP contribution < -0.4 is 14.8 Å². The van der Waals surface area contributed by atoms with E-state index in [4.69, 9.17) is 32.7 Å². The summed E-state index contributed by atoms with van der Waals surface area (Å²) in [6.07, 6.45) is 0.901. The molecule has 0 saturated carbocycles. The highest BCUT2D eigenvalue weighted by atomic mass is 35.5. The van der Waals surface area contributed by atoms with Gasteiger partial charge in [0.15, 0.2) is 11.5 Å². The van der Waals surface area contributed by atoms with E-state index in [-0.39, 0.29) is 0 Å². The smallest absolute Gasteiger partial charge is 0.163 e. The number of nitrogens with one attached hydrogen (secondary N) is 1. The summed E-state index contributed by atoms with van der Waals surface area (Å²) in [6.45, 7) is 1.87. The third-order valence-electron chi connectivity index (χ3n) is 2.33. The van der Waals surface area contributed by atoms with Gasteiger partial charge in [-0.15, -0.1) is 0 Å². The van der Waals surface area contributed by atoms with Gasteiger partial charge in [-0.3, -0.25) is 0 Å². The first-order chi connectivity index (χ1) is 8.29. The van der Waals surface area contributed by atoms with Crippen LogP contribution in [0.15, 0.2) is 28.8 Å². The van der Waals surface area contributed by atoms with E-state index in [1.807, 2.05) is 18.2 Å². The number of anilines is 1. The van der Waals surface area contributed by atoms with Crippen molar-refractivity contribution in [3.63, 3.8) is 0 Å². The summed E-state index contributed by atoms with van der Waals surface area (Å²) in [7, 11) is 0. The average Bonchev–Trinajstić information content (AvgIpc) is 2.60. The summed E-state index contributed by atoms with van der Waals surface area (Å²) >= 11 is 11.3. The molecular formula is C12H13Cl2NO2. The second kappa shape index (κ2) is 6.03. The van der Waals surface area contributed by atoms with Crippen molar-refractivity contribution in [2.45, 2.75) is 6.42 Å². The lowest BCUT2D eigenvalue weighted by Gasteiger charge is -2.10. The molecule has 17 heavy (non-hydrogen) atoms. The van der Waals surface area contributed by atoms with Gasteiger partial charge in [0.05, 0.1) is 19.8 Å². The molecule has 0 aliphatic carbocycles. The average molecular weight is 274 g/mol. The number of hydrogen-bond donors (Lipinski definition) is 1. The molecule has 2 rings (SSSR count). The zero-order chi connectivity index (χ0) is 12.1. The maximum absolute atomic E-state index is 5.80. The van der Waals surface area contributed by atoms with Crippen LogP contribution >= 0.6 is 23.2 Å². The molecular weight excluding hydrogens is 261 g/mol. The van der Waals surface area contributed by atoms with Crippen LogP contribution in [0.3, 0.4) is 0 Å². The minimum Gasteiger partial charge on any atom is -0.490 e. The summed E-state index contributed by atoms with van der Waals surface area (Å²) in [5.41, 5.74) is 2.27. The monoisotopic (exact) mass is 273 g/mol. The SMILES string of the molecule is ClC=C(Cl)CNc1ccc2c(c1)OCCCO2. The summed E-state index contributed by atoms with van der Waals surface area (Å²) < 4.78 is 11.1. The summed E-state index contributed by atoms with van der Waals surface area (Å²) in [5, 5.41) is 3.70. The van der Waals surface area contributed by atoms with Gasteiger partial charge in [0.2, 0.25) is 0 Å². The van der Waals surface area contributed by atoms with Gasteiger partial charge in [0.1, 0.15) is 0 Å². The van der Waals surface area contributed by atoms with Crippen molar-refractivity contribution in [3.8, 4) is 11.5 Å². The predicted molar refractivity (Wildman–Crippen MR) is 70.3 cm³/mol. The highest BCUT2D eigenvalue weighted by molar-refractivity contribution is 6.36. The normalized spacial score (nSPS) is 15.3. The van der Waals surface area contributed by atoms with Crippen LogP contribution in [0.1, 0.15) is 6.42 Å². The lowest BCUT2D eigenvalue weighted by Crippen LogP contribution is -2.01. The molecule has 0 bridgehead atoms. The van der Waals surface area contributed by atoms with Crippen molar-refractivity contribution in [2.75, 3.05) is 25.1 Å². The summed E-state index contributed by atoms with van der Waals surface area (Å²) in [6, 6.07) is 5.71. The molecule has 0 spiro atoms. The van der Waals surface area contributed by atoms with Gasteiger partial charge in [-0.05, 0) is 12.1 Å². The molecule has 1 aromatic carbocycles. The first kappa shape index (κ1) is 12.4. The zero-order valence-electron chi connectivity index (χ0n) is 9.21. The Morgan fingerprint density at radius 2 is 2.06 bits per heavy atom. The highest BCUT2D eigenvalue weighted by Gasteiger charge is 2.10. The van der Waals surface area contributed by atoms with E-state index in [0.717, 1.165) is 23.6 Å². The van der Waals surface area contributed by atoms with Crippen molar-refractivity contribution in [3.05, 3.63) is 28.8 Å². The Balaban J connectivity index is 2.07. The highest BCUT2D eigenvalue weighted by Crippen LogP contribution is 2.32. The number of ether oxygens (including phenoxy) is 2. The molecule has 1 aromatic rings. The van der Waals surface area contributed by atoms with Gasteiger partial charge < -0.3 is 14.8 Å². The third kappa shape index (κ3) is 3.45. The van der Waals surface area contributed by atoms with E-state index in [1.165, 1.54) is 5.54 Å². The zero-order valence-corrected chi connectivity index (χ0v) is 10.7. The van der Waals surface area contributed by atoms with Crippen LogP contribution in [0.4, 0.5) is 5.69 Å². The molecule has 0 fully saturated rings. The Morgan fingerprint density at radius 1 is 1.29 bits per heavy atom. The van der Waals surface area contributed by atoms with Crippen molar-refractivity contribution in [1.82, 2.24) is 0 Å². The van der Waals surface area contributed by atoms with Crippen molar-refractivity contribution >= 4 is 28.9 Å². The third-order valence-corrected chi connectivity index (χ3v) is 2.95. The first-order valence-electron chi connectivity index (χ1n) is 5.38. The van der Waals surface area contributed by atoms with E-state index < -0.39 is 0 Å². The summed E-state index contributed by atoms with van der Waals surface area (Å²) in [4.78, 5) is 0. The van der Waals surface area contributed by atoms with Gasteiger partial charge in [-0.1, -0.05) is 23.2 Å².